The molecule has 2 atom stereocenters. The number of carbonyl (C=O) groups excluding carboxylic acids is 1. The van der Waals surface area contributed by atoms with Crippen molar-refractivity contribution in [1.29, 1.82) is 0 Å². The van der Waals surface area contributed by atoms with Crippen LogP contribution in [-0.4, -0.2) is 59.9 Å². The third kappa shape index (κ3) is 24.9. The van der Waals surface area contributed by atoms with E-state index >= 15 is 0 Å². The van der Waals surface area contributed by atoms with Gasteiger partial charge in [-0.1, -0.05) is 62.8 Å². The van der Waals surface area contributed by atoms with Crippen LogP contribution in [0.15, 0.2) is 35.7 Å². The van der Waals surface area contributed by atoms with Crippen LogP contribution in [0.1, 0.15) is 144 Å². The Bertz CT molecular complexity index is 914. The first-order valence-corrected chi connectivity index (χ1v) is 18.4. The molecule has 260 valence electrons. The second-order valence-corrected chi connectivity index (χ2v) is 13.9. The topological polar surface area (TPSA) is 56.6 Å². The summed E-state index contributed by atoms with van der Waals surface area (Å²) < 4.78 is 13.7. The van der Waals surface area contributed by atoms with Gasteiger partial charge in [0.2, 0.25) is 0 Å². The molecule has 0 aliphatic heterocycles. The Balaban J connectivity index is 2.19. The minimum atomic E-state index is -0.0362. The minimum Gasteiger partial charge on any atom is -0.466 e. The van der Waals surface area contributed by atoms with Crippen molar-refractivity contribution in [3.05, 3.63) is 41.5 Å². The van der Waals surface area contributed by atoms with Crippen LogP contribution in [0.3, 0.4) is 0 Å². The van der Waals surface area contributed by atoms with Gasteiger partial charge in [-0.25, -0.2) is 4.98 Å². The molecule has 0 fully saturated rings. The number of allylic oxidation sites excluding steroid dienone is 4. The summed E-state index contributed by atoms with van der Waals surface area (Å²) in [6.45, 7) is 22.0. The number of rotatable bonds is 29. The molecule has 1 aromatic rings. The summed E-state index contributed by atoms with van der Waals surface area (Å²) in [7, 11) is 0. The lowest BCUT2D eigenvalue weighted by Gasteiger charge is -2.22. The molecule has 45 heavy (non-hydrogen) atoms. The zero-order chi connectivity index (χ0) is 33.1. The fourth-order valence-corrected chi connectivity index (χ4v) is 5.60. The van der Waals surface area contributed by atoms with Crippen LogP contribution in [0.2, 0.25) is 0 Å². The Morgan fingerprint density at radius 1 is 0.778 bits per heavy atom. The van der Waals surface area contributed by atoms with E-state index in [1.807, 2.05) is 6.20 Å². The predicted octanol–water partition coefficient (Wildman–Crippen LogP) is 10.1. The Morgan fingerprint density at radius 2 is 1.36 bits per heavy atom. The van der Waals surface area contributed by atoms with E-state index < -0.39 is 0 Å². The molecule has 0 bridgehead atoms. The molecule has 0 aromatic carbocycles. The number of aryl methyl sites for hydroxylation is 2. The van der Waals surface area contributed by atoms with Crippen LogP contribution in [0.25, 0.3) is 0 Å². The molecule has 0 aliphatic rings. The quantitative estimate of drug-likeness (QED) is 0.0501. The number of nitrogens with zero attached hydrogens (tertiary/aromatic N) is 3. The lowest BCUT2D eigenvalue weighted by atomic mass is 10.0. The van der Waals surface area contributed by atoms with Crippen molar-refractivity contribution in [1.82, 2.24) is 14.5 Å². The summed E-state index contributed by atoms with van der Waals surface area (Å²) in [5.41, 5.74) is 2.76. The zero-order valence-electron chi connectivity index (χ0n) is 30.6. The Labute approximate surface area is 278 Å². The van der Waals surface area contributed by atoms with E-state index in [0.29, 0.717) is 18.9 Å². The molecule has 0 radical (unpaired) electrons. The maximum atomic E-state index is 12.2. The smallest absolute Gasteiger partial charge is 0.306 e. The molecular formula is C39H71N3O3. The zero-order valence-corrected chi connectivity index (χ0v) is 30.6. The van der Waals surface area contributed by atoms with Gasteiger partial charge in [-0.2, -0.15) is 0 Å². The molecule has 2 unspecified atom stereocenters. The van der Waals surface area contributed by atoms with Crippen molar-refractivity contribution in [3.63, 3.8) is 0 Å². The van der Waals surface area contributed by atoms with Gasteiger partial charge < -0.3 is 18.9 Å². The monoisotopic (exact) mass is 630 g/mol. The molecule has 0 N–H and O–H groups in total. The second-order valence-electron chi connectivity index (χ2n) is 13.9. The Morgan fingerprint density at radius 3 is 1.96 bits per heavy atom. The van der Waals surface area contributed by atoms with E-state index in [4.69, 9.17) is 9.47 Å². The number of carbonyl (C=O) groups is 1. The summed E-state index contributed by atoms with van der Waals surface area (Å²) in [5.74, 6) is 2.18. The molecule has 6 nitrogen and oxygen atoms in total. The largest absolute Gasteiger partial charge is 0.466 e. The normalized spacial score (nSPS) is 12.7. The summed E-state index contributed by atoms with van der Waals surface area (Å²) >= 11 is 0. The van der Waals surface area contributed by atoms with Crippen molar-refractivity contribution in [2.45, 2.75) is 151 Å². The van der Waals surface area contributed by atoms with Crippen LogP contribution in [0.4, 0.5) is 0 Å². The van der Waals surface area contributed by atoms with E-state index in [-0.39, 0.29) is 5.97 Å². The average molecular weight is 630 g/mol. The van der Waals surface area contributed by atoms with Crippen molar-refractivity contribution in [3.8, 4) is 0 Å². The molecule has 0 amide bonds. The Hall–Kier alpha value is -1.92. The first-order valence-electron chi connectivity index (χ1n) is 18.4. The van der Waals surface area contributed by atoms with Gasteiger partial charge in [0.25, 0.3) is 0 Å². The van der Waals surface area contributed by atoms with Gasteiger partial charge in [-0.15, -0.1) is 0 Å². The third-order valence-electron chi connectivity index (χ3n) is 8.64. The number of imidazole rings is 1. The molecule has 1 heterocycles. The third-order valence-corrected chi connectivity index (χ3v) is 8.64. The van der Waals surface area contributed by atoms with E-state index in [1.54, 1.807) is 0 Å². The molecule has 0 saturated carbocycles. The molecule has 1 rings (SSSR count). The first kappa shape index (κ1) is 41.1. The predicted molar refractivity (Wildman–Crippen MR) is 192 cm³/mol. The van der Waals surface area contributed by atoms with Gasteiger partial charge in [0.1, 0.15) is 5.82 Å². The number of esters is 1. The molecule has 0 spiro atoms. The minimum absolute atomic E-state index is 0.0362. The molecular weight excluding hydrogens is 558 g/mol. The van der Waals surface area contributed by atoms with Crippen molar-refractivity contribution >= 4 is 5.97 Å². The lowest BCUT2D eigenvalue weighted by molar-refractivity contribution is -0.144. The van der Waals surface area contributed by atoms with E-state index in [9.17, 15) is 4.79 Å². The fraction of sp³-hybridized carbons (Fsp3) is 0.795. The molecule has 6 heteroatoms. The summed E-state index contributed by atoms with van der Waals surface area (Å²) in [6.07, 6.45) is 25.4. The van der Waals surface area contributed by atoms with Crippen molar-refractivity contribution < 1.29 is 14.3 Å². The molecule has 0 saturated heterocycles. The number of aromatic nitrogens is 2. The fourth-order valence-electron chi connectivity index (χ4n) is 5.60. The van der Waals surface area contributed by atoms with Gasteiger partial charge in [-0.05, 0) is 130 Å². The van der Waals surface area contributed by atoms with Crippen molar-refractivity contribution in [2.24, 2.45) is 11.8 Å². The van der Waals surface area contributed by atoms with Crippen molar-refractivity contribution in [2.75, 3.05) is 39.5 Å². The number of ether oxygens (including phenoxy) is 2. The SMILES string of the molecule is CC(C)=CCCC(C)CCOCCCCCCN(CCCCCCOC(=O)CC(C)CCC=C(C)C)CCCn1ccnc1C. The van der Waals surface area contributed by atoms with Crippen LogP contribution >= 0.6 is 0 Å². The van der Waals surface area contributed by atoms with Gasteiger partial charge in [0, 0.05) is 38.6 Å². The highest BCUT2D eigenvalue weighted by atomic mass is 16.5. The van der Waals surface area contributed by atoms with Crippen LogP contribution < -0.4 is 0 Å². The van der Waals surface area contributed by atoms with Gasteiger partial charge in [0.15, 0.2) is 0 Å². The van der Waals surface area contributed by atoms with E-state index in [2.05, 4.69) is 81.3 Å². The summed E-state index contributed by atoms with van der Waals surface area (Å²) in [5, 5.41) is 0. The lowest BCUT2D eigenvalue weighted by Crippen LogP contribution is -2.28. The molecule has 0 aliphatic carbocycles. The number of hydrogen-bond acceptors (Lipinski definition) is 5. The highest BCUT2D eigenvalue weighted by Gasteiger charge is 2.10. The number of unbranched alkanes of at least 4 members (excludes halogenated alkanes) is 6. The molecule has 1 aromatic heterocycles. The highest BCUT2D eigenvalue weighted by molar-refractivity contribution is 5.69. The van der Waals surface area contributed by atoms with Crippen LogP contribution in [0, 0.1) is 18.8 Å². The maximum absolute atomic E-state index is 12.2. The maximum Gasteiger partial charge on any atom is 0.306 e. The van der Waals surface area contributed by atoms with Crippen LogP contribution in [0.5, 0.6) is 0 Å². The van der Waals surface area contributed by atoms with E-state index in [0.717, 1.165) is 76.7 Å². The summed E-state index contributed by atoms with van der Waals surface area (Å²) in [4.78, 5) is 19.2. The van der Waals surface area contributed by atoms with Gasteiger partial charge in [0.05, 0.1) is 6.61 Å². The average Bonchev–Trinajstić information content (AvgIpc) is 3.39. The first-order chi connectivity index (χ1) is 21.7. The second kappa shape index (κ2) is 27.2. The summed E-state index contributed by atoms with van der Waals surface area (Å²) in [6, 6.07) is 0. The van der Waals surface area contributed by atoms with Crippen LogP contribution in [-0.2, 0) is 20.8 Å². The number of hydrogen-bond donors (Lipinski definition) is 0. The van der Waals surface area contributed by atoms with Gasteiger partial charge >= 0.3 is 5.97 Å². The standard InChI is InChI=1S/C39H71N3O3/c1-34(2)19-16-21-36(5)23-32-44-30-14-10-8-12-25-41(27-18-28-42-29-24-40-38(42)7)26-13-9-11-15-31-45-39(43)33-37(6)22-17-20-35(3)4/h19-20,24,29,36-37H,8-18,21-23,25-28,30-33H2,1-7H3. The van der Waals surface area contributed by atoms with E-state index in [1.165, 1.54) is 75.5 Å². The Kier molecular flexibility index (Phi) is 24.9. The van der Waals surface area contributed by atoms with Gasteiger partial charge in [-0.3, -0.25) is 4.79 Å². The highest BCUT2D eigenvalue weighted by Crippen LogP contribution is 2.14.